The van der Waals surface area contributed by atoms with Crippen LogP contribution in [-0.4, -0.2) is 30.6 Å². The van der Waals surface area contributed by atoms with Gasteiger partial charge in [-0.1, -0.05) is 36.6 Å². The molecule has 3 nitrogen and oxygen atoms in total. The molecule has 0 aliphatic carbocycles. The molecule has 0 radical (unpaired) electrons. The van der Waals surface area contributed by atoms with Crippen molar-refractivity contribution in [3.63, 3.8) is 0 Å². The predicted molar refractivity (Wildman–Crippen MR) is 85.5 cm³/mol. The van der Waals surface area contributed by atoms with Crippen molar-refractivity contribution in [2.75, 3.05) is 19.7 Å². The van der Waals surface area contributed by atoms with E-state index in [0.29, 0.717) is 13.0 Å². The maximum absolute atomic E-state index is 11.9. The van der Waals surface area contributed by atoms with Gasteiger partial charge in [-0.05, 0) is 50.6 Å². The summed E-state index contributed by atoms with van der Waals surface area (Å²) in [6.45, 7) is 4.38. The van der Waals surface area contributed by atoms with E-state index < -0.39 is 0 Å². The number of carbonyl (C=O) groups excluding carboxylic acids is 1. The molecule has 0 amide bonds. The first kappa shape index (κ1) is 16.3. The maximum Gasteiger partial charge on any atom is 0.307 e. The van der Waals surface area contributed by atoms with Crippen LogP contribution < -0.4 is 0 Å². The van der Waals surface area contributed by atoms with E-state index in [1.54, 1.807) is 0 Å². The van der Waals surface area contributed by atoms with Crippen LogP contribution in [0.2, 0.25) is 5.02 Å². The van der Waals surface area contributed by atoms with E-state index in [4.69, 9.17) is 16.3 Å². The molecule has 1 aliphatic heterocycles. The van der Waals surface area contributed by atoms with Crippen molar-refractivity contribution in [3.8, 4) is 0 Å². The van der Waals surface area contributed by atoms with Crippen molar-refractivity contribution in [2.45, 2.75) is 45.1 Å². The fourth-order valence-corrected chi connectivity index (χ4v) is 3.05. The van der Waals surface area contributed by atoms with Gasteiger partial charge in [-0.15, -0.1) is 0 Å². The molecule has 1 aromatic carbocycles. The van der Waals surface area contributed by atoms with Crippen molar-refractivity contribution in [1.29, 1.82) is 0 Å². The van der Waals surface area contributed by atoms with Gasteiger partial charge in [0.25, 0.3) is 0 Å². The third kappa shape index (κ3) is 5.01. The third-order valence-electron chi connectivity index (χ3n) is 4.00. The minimum Gasteiger partial charge on any atom is -0.466 e. The molecule has 1 aliphatic rings. The number of esters is 1. The van der Waals surface area contributed by atoms with E-state index in [1.165, 1.54) is 25.7 Å². The van der Waals surface area contributed by atoms with Crippen LogP contribution in [-0.2, 0) is 9.53 Å². The van der Waals surface area contributed by atoms with Crippen molar-refractivity contribution >= 4 is 17.6 Å². The first-order chi connectivity index (χ1) is 10.2. The lowest BCUT2D eigenvalue weighted by Gasteiger charge is -2.30. The Bertz CT molecular complexity index is 439. The van der Waals surface area contributed by atoms with Gasteiger partial charge in [0.2, 0.25) is 0 Å². The van der Waals surface area contributed by atoms with Crippen LogP contribution in [0.4, 0.5) is 0 Å². The SMILES string of the molecule is CCOC(=O)CC(c1ccc(Cl)cc1)N1CCCCCC1. The zero-order chi connectivity index (χ0) is 15.1. The molecule has 1 atom stereocenters. The highest BCUT2D eigenvalue weighted by atomic mass is 35.5. The second-order valence-electron chi connectivity index (χ2n) is 5.53. The van der Waals surface area contributed by atoms with E-state index in [9.17, 15) is 4.79 Å². The van der Waals surface area contributed by atoms with E-state index in [2.05, 4.69) is 4.90 Å². The van der Waals surface area contributed by atoms with Gasteiger partial charge in [-0.25, -0.2) is 0 Å². The fourth-order valence-electron chi connectivity index (χ4n) is 2.93. The first-order valence-electron chi connectivity index (χ1n) is 7.86. The number of nitrogens with zero attached hydrogens (tertiary/aromatic N) is 1. The quantitative estimate of drug-likeness (QED) is 0.763. The topological polar surface area (TPSA) is 29.5 Å². The summed E-state index contributed by atoms with van der Waals surface area (Å²) in [5, 5.41) is 0.726. The van der Waals surface area contributed by atoms with Gasteiger partial charge < -0.3 is 4.74 Å². The molecule has 1 fully saturated rings. The third-order valence-corrected chi connectivity index (χ3v) is 4.25. The smallest absolute Gasteiger partial charge is 0.307 e. The Morgan fingerprint density at radius 2 is 1.81 bits per heavy atom. The summed E-state index contributed by atoms with van der Waals surface area (Å²) in [4.78, 5) is 14.4. The molecule has 2 rings (SSSR count). The molecule has 116 valence electrons. The Morgan fingerprint density at radius 3 is 2.38 bits per heavy atom. The molecule has 0 spiro atoms. The zero-order valence-corrected chi connectivity index (χ0v) is 13.4. The van der Waals surface area contributed by atoms with Gasteiger partial charge in [-0.3, -0.25) is 9.69 Å². The van der Waals surface area contributed by atoms with Crippen molar-refractivity contribution < 1.29 is 9.53 Å². The molecule has 1 heterocycles. The molecule has 4 heteroatoms. The normalized spacial score (nSPS) is 18.0. The standard InChI is InChI=1S/C17H24ClNO2/c1-2-21-17(20)13-16(14-7-9-15(18)10-8-14)19-11-5-3-4-6-12-19/h7-10,16H,2-6,11-13H2,1H3. The molecular formula is C17H24ClNO2. The Labute approximate surface area is 132 Å². The van der Waals surface area contributed by atoms with Crippen molar-refractivity contribution in [3.05, 3.63) is 34.9 Å². The van der Waals surface area contributed by atoms with Crippen LogP contribution >= 0.6 is 11.6 Å². The lowest BCUT2D eigenvalue weighted by molar-refractivity contribution is -0.144. The lowest BCUT2D eigenvalue weighted by atomic mass is 10.0. The second kappa shape index (κ2) is 8.40. The van der Waals surface area contributed by atoms with E-state index in [1.807, 2.05) is 31.2 Å². The van der Waals surface area contributed by atoms with E-state index in [0.717, 1.165) is 23.7 Å². The first-order valence-corrected chi connectivity index (χ1v) is 8.23. The summed E-state index contributed by atoms with van der Waals surface area (Å²) in [7, 11) is 0. The summed E-state index contributed by atoms with van der Waals surface area (Å²) >= 11 is 5.98. The molecular weight excluding hydrogens is 286 g/mol. The van der Waals surface area contributed by atoms with Gasteiger partial charge in [0.15, 0.2) is 0 Å². The summed E-state index contributed by atoms with van der Waals surface area (Å²) < 4.78 is 5.15. The highest BCUT2D eigenvalue weighted by Gasteiger charge is 2.24. The largest absolute Gasteiger partial charge is 0.466 e. The van der Waals surface area contributed by atoms with Crippen LogP contribution in [0.25, 0.3) is 0 Å². The van der Waals surface area contributed by atoms with Crippen LogP contribution in [0.3, 0.4) is 0 Å². The summed E-state index contributed by atoms with van der Waals surface area (Å²) in [6, 6.07) is 7.94. The number of carbonyl (C=O) groups is 1. The number of benzene rings is 1. The van der Waals surface area contributed by atoms with Crippen molar-refractivity contribution in [1.82, 2.24) is 4.90 Å². The number of hydrogen-bond acceptors (Lipinski definition) is 3. The molecule has 0 saturated carbocycles. The molecule has 1 saturated heterocycles. The van der Waals surface area contributed by atoms with E-state index in [-0.39, 0.29) is 12.0 Å². The van der Waals surface area contributed by atoms with Crippen LogP contribution in [0.5, 0.6) is 0 Å². The van der Waals surface area contributed by atoms with Gasteiger partial charge in [0.05, 0.1) is 13.0 Å². The summed E-state index contributed by atoms with van der Waals surface area (Å²) in [5.41, 5.74) is 1.15. The van der Waals surface area contributed by atoms with E-state index >= 15 is 0 Å². The molecule has 0 bridgehead atoms. The minimum atomic E-state index is -0.123. The number of halogens is 1. The second-order valence-corrected chi connectivity index (χ2v) is 5.96. The molecule has 1 unspecified atom stereocenters. The monoisotopic (exact) mass is 309 g/mol. The lowest BCUT2D eigenvalue weighted by Crippen LogP contribution is -2.31. The average Bonchev–Trinajstić information content (AvgIpc) is 2.75. The van der Waals surface area contributed by atoms with Gasteiger partial charge in [-0.2, -0.15) is 0 Å². The Hall–Kier alpha value is -1.06. The Morgan fingerprint density at radius 1 is 1.19 bits per heavy atom. The van der Waals surface area contributed by atoms with Gasteiger partial charge >= 0.3 is 5.97 Å². The Kier molecular flexibility index (Phi) is 6.52. The predicted octanol–water partition coefficient (Wildman–Crippen LogP) is 4.21. The minimum absolute atomic E-state index is 0.0967. The molecule has 21 heavy (non-hydrogen) atoms. The number of hydrogen-bond donors (Lipinski definition) is 0. The fraction of sp³-hybridized carbons (Fsp3) is 0.588. The Balaban J connectivity index is 2.15. The average molecular weight is 310 g/mol. The van der Waals surface area contributed by atoms with Crippen LogP contribution in [0.1, 0.15) is 50.6 Å². The number of rotatable bonds is 5. The molecule has 1 aromatic rings. The number of ether oxygens (including phenoxy) is 1. The summed E-state index contributed by atoms with van der Waals surface area (Å²) in [5.74, 6) is -0.123. The van der Waals surface area contributed by atoms with Crippen LogP contribution in [0.15, 0.2) is 24.3 Å². The van der Waals surface area contributed by atoms with Gasteiger partial charge in [0, 0.05) is 11.1 Å². The van der Waals surface area contributed by atoms with Crippen molar-refractivity contribution in [2.24, 2.45) is 0 Å². The highest BCUT2D eigenvalue weighted by Crippen LogP contribution is 2.28. The van der Waals surface area contributed by atoms with Crippen LogP contribution in [0, 0.1) is 0 Å². The zero-order valence-electron chi connectivity index (χ0n) is 12.7. The molecule has 0 aromatic heterocycles. The maximum atomic E-state index is 11.9. The molecule has 0 N–H and O–H groups in total. The highest BCUT2D eigenvalue weighted by molar-refractivity contribution is 6.30. The number of likely N-dealkylation sites (tertiary alicyclic amines) is 1. The van der Waals surface area contributed by atoms with Gasteiger partial charge in [0.1, 0.15) is 0 Å². The summed E-state index contributed by atoms with van der Waals surface area (Å²) in [6.07, 6.45) is 5.38.